The molecule has 2 rings (SSSR count). The third kappa shape index (κ3) is 3.62. The Morgan fingerprint density at radius 2 is 2.05 bits per heavy atom. The van der Waals surface area contributed by atoms with Crippen molar-refractivity contribution in [3.63, 3.8) is 0 Å². The second kappa shape index (κ2) is 6.73. The molecule has 2 heteroatoms. The highest BCUT2D eigenvalue weighted by molar-refractivity contribution is 5.22. The first-order chi connectivity index (χ1) is 9.58. The standard InChI is InChI=1S/C18H30N2/c1-5-18(6-2)14-20(16(4)13-19-18)11-10-17-9-7-8-15(3)12-17/h7-9,12,16,19H,5-6,10-11,13-14H2,1-4H3. The number of nitrogens with one attached hydrogen (secondary N) is 1. The largest absolute Gasteiger partial charge is 0.308 e. The lowest BCUT2D eigenvalue weighted by molar-refractivity contribution is 0.0819. The molecule has 0 amide bonds. The van der Waals surface area contributed by atoms with Gasteiger partial charge in [0.2, 0.25) is 0 Å². The topological polar surface area (TPSA) is 15.3 Å². The number of hydrogen-bond donors (Lipinski definition) is 1. The van der Waals surface area contributed by atoms with Crippen molar-refractivity contribution in [3.05, 3.63) is 35.4 Å². The molecule has 1 N–H and O–H groups in total. The van der Waals surface area contributed by atoms with Crippen molar-refractivity contribution in [1.82, 2.24) is 10.2 Å². The lowest BCUT2D eigenvalue weighted by atomic mass is 9.88. The number of piperazine rings is 1. The summed E-state index contributed by atoms with van der Waals surface area (Å²) in [6, 6.07) is 9.57. The molecule has 1 heterocycles. The quantitative estimate of drug-likeness (QED) is 0.885. The minimum Gasteiger partial charge on any atom is -0.308 e. The number of hydrogen-bond acceptors (Lipinski definition) is 2. The van der Waals surface area contributed by atoms with E-state index in [1.54, 1.807) is 0 Å². The maximum atomic E-state index is 3.78. The van der Waals surface area contributed by atoms with Crippen LogP contribution in [0.25, 0.3) is 0 Å². The summed E-state index contributed by atoms with van der Waals surface area (Å²) in [7, 11) is 0. The summed E-state index contributed by atoms with van der Waals surface area (Å²) >= 11 is 0. The third-order valence-corrected chi connectivity index (χ3v) is 5.03. The van der Waals surface area contributed by atoms with Gasteiger partial charge in [0.1, 0.15) is 0 Å². The molecule has 1 aromatic carbocycles. The first-order valence-corrected chi connectivity index (χ1v) is 8.13. The minimum atomic E-state index is 0.332. The maximum Gasteiger partial charge on any atom is 0.0304 e. The summed E-state index contributed by atoms with van der Waals surface area (Å²) in [5, 5.41) is 3.78. The number of benzene rings is 1. The predicted octanol–water partition coefficient (Wildman–Crippen LogP) is 3.39. The fourth-order valence-corrected chi connectivity index (χ4v) is 3.26. The van der Waals surface area contributed by atoms with Crippen LogP contribution in [0.5, 0.6) is 0 Å². The van der Waals surface area contributed by atoms with Crippen molar-refractivity contribution in [2.24, 2.45) is 0 Å². The van der Waals surface area contributed by atoms with Crippen LogP contribution in [0.2, 0.25) is 0 Å². The summed E-state index contributed by atoms with van der Waals surface area (Å²) < 4.78 is 0. The van der Waals surface area contributed by atoms with E-state index in [4.69, 9.17) is 0 Å². The Morgan fingerprint density at radius 3 is 2.70 bits per heavy atom. The summed E-state index contributed by atoms with van der Waals surface area (Å²) in [6.45, 7) is 12.6. The Kier molecular flexibility index (Phi) is 5.22. The molecule has 1 fully saturated rings. The molecule has 1 unspecified atom stereocenters. The minimum absolute atomic E-state index is 0.332. The number of rotatable bonds is 5. The van der Waals surface area contributed by atoms with E-state index in [9.17, 15) is 0 Å². The Labute approximate surface area is 124 Å². The molecular formula is C18H30N2. The maximum absolute atomic E-state index is 3.78. The zero-order valence-electron chi connectivity index (χ0n) is 13.6. The molecule has 112 valence electrons. The van der Waals surface area contributed by atoms with Crippen molar-refractivity contribution in [2.75, 3.05) is 19.6 Å². The smallest absolute Gasteiger partial charge is 0.0304 e. The summed E-state index contributed by atoms with van der Waals surface area (Å²) in [5.41, 5.74) is 3.17. The van der Waals surface area contributed by atoms with Gasteiger partial charge in [-0.25, -0.2) is 0 Å². The van der Waals surface area contributed by atoms with Crippen LogP contribution in [0.15, 0.2) is 24.3 Å². The van der Waals surface area contributed by atoms with Crippen LogP contribution in [0.4, 0.5) is 0 Å². The molecule has 0 aliphatic carbocycles. The third-order valence-electron chi connectivity index (χ3n) is 5.03. The van der Waals surface area contributed by atoms with Gasteiger partial charge in [-0.15, -0.1) is 0 Å². The zero-order chi connectivity index (χ0) is 14.6. The van der Waals surface area contributed by atoms with Gasteiger partial charge in [-0.2, -0.15) is 0 Å². The molecule has 1 atom stereocenters. The van der Waals surface area contributed by atoms with E-state index in [0.29, 0.717) is 11.6 Å². The van der Waals surface area contributed by atoms with Crippen molar-refractivity contribution < 1.29 is 0 Å². The fourth-order valence-electron chi connectivity index (χ4n) is 3.26. The van der Waals surface area contributed by atoms with Crippen LogP contribution in [0.3, 0.4) is 0 Å². The van der Waals surface area contributed by atoms with Gasteiger partial charge in [-0.3, -0.25) is 4.90 Å². The van der Waals surface area contributed by atoms with Gasteiger partial charge in [0.05, 0.1) is 0 Å². The van der Waals surface area contributed by atoms with Gasteiger partial charge in [0, 0.05) is 31.2 Å². The van der Waals surface area contributed by atoms with Crippen molar-refractivity contribution in [1.29, 1.82) is 0 Å². The Bertz CT molecular complexity index is 423. The second-order valence-electron chi connectivity index (χ2n) is 6.43. The molecule has 1 aliphatic rings. The number of aryl methyl sites for hydroxylation is 1. The monoisotopic (exact) mass is 274 g/mol. The van der Waals surface area contributed by atoms with E-state index in [2.05, 4.69) is 62.2 Å². The van der Waals surface area contributed by atoms with Crippen molar-refractivity contribution >= 4 is 0 Å². The zero-order valence-corrected chi connectivity index (χ0v) is 13.6. The van der Waals surface area contributed by atoms with Gasteiger partial charge >= 0.3 is 0 Å². The molecule has 2 nitrogen and oxygen atoms in total. The van der Waals surface area contributed by atoms with Gasteiger partial charge in [-0.05, 0) is 38.7 Å². The molecule has 20 heavy (non-hydrogen) atoms. The van der Waals surface area contributed by atoms with Crippen molar-refractivity contribution in [3.8, 4) is 0 Å². The lowest BCUT2D eigenvalue weighted by Gasteiger charge is -2.46. The van der Waals surface area contributed by atoms with E-state index < -0.39 is 0 Å². The Hall–Kier alpha value is -0.860. The average Bonchev–Trinajstić information content (AvgIpc) is 2.47. The van der Waals surface area contributed by atoms with Crippen LogP contribution in [0.1, 0.15) is 44.7 Å². The predicted molar refractivity (Wildman–Crippen MR) is 87.2 cm³/mol. The molecule has 0 aromatic heterocycles. The van der Waals surface area contributed by atoms with Crippen LogP contribution < -0.4 is 5.32 Å². The second-order valence-corrected chi connectivity index (χ2v) is 6.43. The highest BCUT2D eigenvalue weighted by Crippen LogP contribution is 2.22. The number of nitrogens with zero attached hydrogens (tertiary/aromatic N) is 1. The molecule has 0 spiro atoms. The average molecular weight is 274 g/mol. The van der Waals surface area contributed by atoms with Gasteiger partial charge in [0.25, 0.3) is 0 Å². The summed E-state index contributed by atoms with van der Waals surface area (Å²) in [4.78, 5) is 2.67. The first-order valence-electron chi connectivity index (χ1n) is 8.13. The molecule has 0 radical (unpaired) electrons. The van der Waals surface area contributed by atoms with Crippen molar-refractivity contribution in [2.45, 2.75) is 58.5 Å². The molecule has 1 aromatic rings. The van der Waals surface area contributed by atoms with Crippen LogP contribution >= 0.6 is 0 Å². The van der Waals surface area contributed by atoms with Crippen LogP contribution in [0, 0.1) is 6.92 Å². The van der Waals surface area contributed by atoms with Gasteiger partial charge in [-0.1, -0.05) is 43.7 Å². The first kappa shape index (κ1) is 15.5. The fraction of sp³-hybridized carbons (Fsp3) is 0.667. The van der Waals surface area contributed by atoms with E-state index in [1.807, 2.05) is 0 Å². The normalized spacial score (nSPS) is 22.9. The SMILES string of the molecule is CCC1(CC)CN(CCc2cccc(C)c2)C(C)CN1. The van der Waals surface area contributed by atoms with E-state index in [-0.39, 0.29) is 0 Å². The lowest BCUT2D eigenvalue weighted by Crippen LogP contribution is -2.63. The molecule has 1 saturated heterocycles. The Balaban J connectivity index is 1.96. The Morgan fingerprint density at radius 1 is 1.30 bits per heavy atom. The van der Waals surface area contributed by atoms with Crippen LogP contribution in [-0.4, -0.2) is 36.1 Å². The van der Waals surface area contributed by atoms with Gasteiger partial charge in [0.15, 0.2) is 0 Å². The summed E-state index contributed by atoms with van der Waals surface area (Å²) in [6.07, 6.45) is 3.60. The highest BCUT2D eigenvalue weighted by atomic mass is 15.2. The molecular weight excluding hydrogens is 244 g/mol. The van der Waals surface area contributed by atoms with E-state index in [0.717, 1.165) is 13.0 Å². The molecule has 0 bridgehead atoms. The van der Waals surface area contributed by atoms with E-state index >= 15 is 0 Å². The van der Waals surface area contributed by atoms with E-state index in [1.165, 1.54) is 37.1 Å². The van der Waals surface area contributed by atoms with Gasteiger partial charge < -0.3 is 5.32 Å². The highest BCUT2D eigenvalue weighted by Gasteiger charge is 2.34. The molecule has 1 aliphatic heterocycles. The molecule has 0 saturated carbocycles. The van der Waals surface area contributed by atoms with Crippen LogP contribution in [-0.2, 0) is 6.42 Å². The summed E-state index contributed by atoms with van der Waals surface area (Å²) in [5.74, 6) is 0.